The van der Waals surface area contributed by atoms with Crippen LogP contribution in [0.25, 0.3) is 0 Å². The standard InChI is InChI=1S/C16H28N2O/c1-11-10-14(19-8)12(2)9-13(11)15(17-5)16(3,4)18(6)7/h9-10,15,17H,1-8H3. The zero-order chi connectivity index (χ0) is 14.8. The number of ether oxygens (including phenoxy) is 1. The molecule has 0 aliphatic carbocycles. The van der Waals surface area contributed by atoms with E-state index in [1.807, 2.05) is 7.05 Å². The first kappa shape index (κ1) is 16.0. The van der Waals surface area contributed by atoms with Crippen molar-refractivity contribution in [3.63, 3.8) is 0 Å². The van der Waals surface area contributed by atoms with Crippen LogP contribution >= 0.6 is 0 Å². The molecule has 0 saturated carbocycles. The van der Waals surface area contributed by atoms with Gasteiger partial charge in [0.25, 0.3) is 0 Å². The van der Waals surface area contributed by atoms with E-state index in [4.69, 9.17) is 4.74 Å². The van der Waals surface area contributed by atoms with E-state index in [2.05, 4.69) is 64.1 Å². The lowest BCUT2D eigenvalue weighted by molar-refractivity contribution is 0.142. The number of rotatable bonds is 5. The molecule has 1 rings (SSSR count). The van der Waals surface area contributed by atoms with Crippen LogP contribution in [0.1, 0.15) is 36.6 Å². The van der Waals surface area contributed by atoms with Crippen LogP contribution in [-0.4, -0.2) is 38.7 Å². The van der Waals surface area contributed by atoms with Crippen molar-refractivity contribution in [3.8, 4) is 5.75 Å². The summed E-state index contributed by atoms with van der Waals surface area (Å²) in [7, 11) is 7.99. The van der Waals surface area contributed by atoms with E-state index in [0.717, 1.165) is 5.75 Å². The van der Waals surface area contributed by atoms with Crippen molar-refractivity contribution in [2.24, 2.45) is 0 Å². The molecule has 1 aromatic carbocycles. The van der Waals surface area contributed by atoms with Gasteiger partial charge in [0.2, 0.25) is 0 Å². The number of nitrogens with one attached hydrogen (secondary N) is 1. The number of hydrogen-bond acceptors (Lipinski definition) is 3. The zero-order valence-corrected chi connectivity index (χ0v) is 13.6. The van der Waals surface area contributed by atoms with Crippen LogP contribution in [0.2, 0.25) is 0 Å². The normalized spacial score (nSPS) is 13.7. The summed E-state index contributed by atoms with van der Waals surface area (Å²) in [4.78, 5) is 2.26. The Morgan fingerprint density at radius 1 is 1.16 bits per heavy atom. The van der Waals surface area contributed by atoms with E-state index in [0.29, 0.717) is 0 Å². The third-order valence-corrected chi connectivity index (χ3v) is 4.24. The van der Waals surface area contributed by atoms with Crippen molar-refractivity contribution in [2.45, 2.75) is 39.3 Å². The first-order valence-electron chi connectivity index (χ1n) is 6.75. The summed E-state index contributed by atoms with van der Waals surface area (Å²) in [5.41, 5.74) is 3.80. The highest BCUT2D eigenvalue weighted by atomic mass is 16.5. The fourth-order valence-corrected chi connectivity index (χ4v) is 2.49. The minimum absolute atomic E-state index is 0.0283. The average Bonchev–Trinajstić information content (AvgIpc) is 2.33. The van der Waals surface area contributed by atoms with Gasteiger partial charge in [0.05, 0.1) is 13.2 Å². The number of benzene rings is 1. The van der Waals surface area contributed by atoms with E-state index in [9.17, 15) is 0 Å². The molecule has 0 aromatic heterocycles. The Morgan fingerprint density at radius 3 is 2.16 bits per heavy atom. The van der Waals surface area contributed by atoms with E-state index in [-0.39, 0.29) is 11.6 Å². The Hall–Kier alpha value is -1.06. The molecule has 0 saturated heterocycles. The summed E-state index contributed by atoms with van der Waals surface area (Å²) in [6.07, 6.45) is 0. The fourth-order valence-electron chi connectivity index (χ4n) is 2.49. The maximum atomic E-state index is 5.40. The number of methoxy groups -OCH3 is 1. The molecule has 3 heteroatoms. The Balaban J connectivity index is 3.31. The zero-order valence-electron chi connectivity index (χ0n) is 13.6. The molecule has 0 radical (unpaired) electrons. The van der Waals surface area contributed by atoms with Crippen LogP contribution in [0.4, 0.5) is 0 Å². The van der Waals surface area contributed by atoms with Gasteiger partial charge in [0.1, 0.15) is 5.75 Å². The largest absolute Gasteiger partial charge is 0.496 e. The number of hydrogen-bond donors (Lipinski definition) is 1. The number of aryl methyl sites for hydroxylation is 2. The third kappa shape index (κ3) is 3.10. The molecule has 1 unspecified atom stereocenters. The van der Waals surface area contributed by atoms with Crippen molar-refractivity contribution in [2.75, 3.05) is 28.3 Å². The van der Waals surface area contributed by atoms with Crippen LogP contribution < -0.4 is 10.1 Å². The van der Waals surface area contributed by atoms with Crippen LogP contribution in [-0.2, 0) is 0 Å². The average molecular weight is 264 g/mol. The topological polar surface area (TPSA) is 24.5 Å². The van der Waals surface area contributed by atoms with Gasteiger partial charge in [-0.15, -0.1) is 0 Å². The molecule has 19 heavy (non-hydrogen) atoms. The molecule has 1 N–H and O–H groups in total. The smallest absolute Gasteiger partial charge is 0.122 e. The highest BCUT2D eigenvalue weighted by Gasteiger charge is 2.32. The molecule has 0 fully saturated rings. The van der Waals surface area contributed by atoms with E-state index in [1.165, 1.54) is 16.7 Å². The maximum absolute atomic E-state index is 5.40. The number of nitrogens with zero attached hydrogens (tertiary/aromatic N) is 1. The molecule has 0 amide bonds. The predicted molar refractivity (Wildman–Crippen MR) is 82.0 cm³/mol. The Kier molecular flexibility index (Phi) is 4.99. The van der Waals surface area contributed by atoms with Crippen molar-refractivity contribution < 1.29 is 4.74 Å². The van der Waals surface area contributed by atoms with E-state index in [1.54, 1.807) is 7.11 Å². The first-order valence-corrected chi connectivity index (χ1v) is 6.75. The molecule has 0 spiro atoms. The van der Waals surface area contributed by atoms with Crippen molar-refractivity contribution in [1.82, 2.24) is 10.2 Å². The van der Waals surface area contributed by atoms with Crippen molar-refractivity contribution in [1.29, 1.82) is 0 Å². The minimum Gasteiger partial charge on any atom is -0.496 e. The molecular formula is C16H28N2O. The van der Waals surface area contributed by atoms with Crippen molar-refractivity contribution >= 4 is 0 Å². The summed E-state index contributed by atoms with van der Waals surface area (Å²) >= 11 is 0. The molecule has 0 bridgehead atoms. The van der Waals surface area contributed by atoms with Gasteiger partial charge in [-0.3, -0.25) is 0 Å². The van der Waals surface area contributed by atoms with E-state index >= 15 is 0 Å². The number of likely N-dealkylation sites (N-methyl/N-ethyl adjacent to an activating group) is 2. The highest BCUT2D eigenvalue weighted by Crippen LogP contribution is 2.34. The van der Waals surface area contributed by atoms with Crippen molar-refractivity contribution in [3.05, 3.63) is 28.8 Å². The Labute approximate surface area is 118 Å². The second kappa shape index (κ2) is 5.93. The van der Waals surface area contributed by atoms with E-state index < -0.39 is 0 Å². The predicted octanol–water partition coefficient (Wildman–Crippen LogP) is 2.91. The van der Waals surface area contributed by atoms with Gasteiger partial charge in [0, 0.05) is 5.54 Å². The molecule has 0 aliphatic rings. The first-order chi connectivity index (χ1) is 8.75. The monoisotopic (exact) mass is 264 g/mol. The summed E-state index contributed by atoms with van der Waals surface area (Å²) in [6, 6.07) is 4.63. The van der Waals surface area contributed by atoms with Gasteiger partial charge in [-0.25, -0.2) is 0 Å². The summed E-state index contributed by atoms with van der Waals surface area (Å²) in [5, 5.41) is 3.46. The van der Waals surface area contributed by atoms with Gasteiger partial charge in [-0.05, 0) is 71.6 Å². The Morgan fingerprint density at radius 2 is 1.74 bits per heavy atom. The Bertz CT molecular complexity index is 439. The van der Waals surface area contributed by atoms with Crippen LogP contribution in [0.5, 0.6) is 5.75 Å². The lowest BCUT2D eigenvalue weighted by atomic mass is 9.84. The van der Waals surface area contributed by atoms with Crippen LogP contribution in [0.3, 0.4) is 0 Å². The highest BCUT2D eigenvalue weighted by molar-refractivity contribution is 5.43. The summed E-state index contributed by atoms with van der Waals surface area (Å²) in [6.45, 7) is 8.75. The molecule has 108 valence electrons. The van der Waals surface area contributed by atoms with Gasteiger partial charge in [-0.1, -0.05) is 6.07 Å². The molecule has 0 heterocycles. The van der Waals surface area contributed by atoms with Gasteiger partial charge in [0.15, 0.2) is 0 Å². The summed E-state index contributed by atoms with van der Waals surface area (Å²) < 4.78 is 5.40. The quantitative estimate of drug-likeness (QED) is 0.885. The van der Waals surface area contributed by atoms with Crippen LogP contribution in [0, 0.1) is 13.8 Å². The maximum Gasteiger partial charge on any atom is 0.122 e. The summed E-state index contributed by atoms with van der Waals surface area (Å²) in [5.74, 6) is 0.957. The molecule has 1 aromatic rings. The van der Waals surface area contributed by atoms with Gasteiger partial charge >= 0.3 is 0 Å². The molecule has 0 aliphatic heterocycles. The molecule has 1 atom stereocenters. The molecular weight excluding hydrogens is 236 g/mol. The fraction of sp³-hybridized carbons (Fsp3) is 0.625. The van der Waals surface area contributed by atoms with Crippen LogP contribution in [0.15, 0.2) is 12.1 Å². The lowest BCUT2D eigenvalue weighted by Gasteiger charge is -2.41. The SMILES string of the molecule is CNC(c1cc(C)c(OC)cc1C)C(C)(C)N(C)C. The third-order valence-electron chi connectivity index (χ3n) is 4.24. The second-order valence-electron chi connectivity index (χ2n) is 5.95. The minimum atomic E-state index is 0.0283. The molecule has 3 nitrogen and oxygen atoms in total. The van der Waals surface area contributed by atoms with Gasteiger partial charge in [-0.2, -0.15) is 0 Å². The van der Waals surface area contributed by atoms with Gasteiger partial charge < -0.3 is 15.0 Å². The second-order valence-corrected chi connectivity index (χ2v) is 5.95. The lowest BCUT2D eigenvalue weighted by Crippen LogP contribution is -2.48.